The fourth-order valence-electron chi connectivity index (χ4n) is 3.48. The summed E-state index contributed by atoms with van der Waals surface area (Å²) >= 11 is 6.01. The Morgan fingerprint density at radius 3 is 2.52 bits per heavy atom. The Morgan fingerprint density at radius 1 is 1.24 bits per heavy atom. The third kappa shape index (κ3) is 3.87. The fourth-order valence-corrected chi connectivity index (χ4v) is 3.65. The average molecular weight is 426 g/mol. The van der Waals surface area contributed by atoms with Gasteiger partial charge in [0.15, 0.2) is 34.9 Å². The van der Waals surface area contributed by atoms with E-state index in [9.17, 15) is 14.4 Å². The van der Waals surface area contributed by atoms with E-state index in [2.05, 4.69) is 20.3 Å². The number of ether oxygens (including phenoxy) is 3. The molecular formula is C17H20ClN5O6. The Morgan fingerprint density at radius 2 is 1.93 bits per heavy atom. The van der Waals surface area contributed by atoms with Gasteiger partial charge in [0, 0.05) is 20.8 Å². The predicted molar refractivity (Wildman–Crippen MR) is 99.9 cm³/mol. The molecule has 29 heavy (non-hydrogen) atoms. The summed E-state index contributed by atoms with van der Waals surface area (Å²) in [6, 6.07) is 0. The van der Waals surface area contributed by atoms with E-state index in [0.717, 1.165) is 0 Å². The Labute approximate surface area is 170 Å². The monoisotopic (exact) mass is 425 g/mol. The van der Waals surface area contributed by atoms with Crippen molar-refractivity contribution in [1.82, 2.24) is 19.5 Å². The number of amides is 1. The highest BCUT2D eigenvalue weighted by Crippen LogP contribution is 2.44. The number of fused-ring (bicyclic) bond motifs is 1. The van der Waals surface area contributed by atoms with Crippen LogP contribution in [0.4, 0.5) is 5.82 Å². The van der Waals surface area contributed by atoms with E-state index in [0.29, 0.717) is 0 Å². The Kier molecular flexibility index (Phi) is 5.46. The number of rotatable bonds is 4. The lowest BCUT2D eigenvalue weighted by Gasteiger charge is -2.33. The number of nitrogens with zero attached hydrogens (tertiary/aromatic N) is 4. The van der Waals surface area contributed by atoms with Crippen LogP contribution in [0.1, 0.15) is 40.8 Å². The number of aromatic nitrogens is 4. The molecule has 11 nitrogen and oxygen atoms in total. The number of halogens is 1. The van der Waals surface area contributed by atoms with Gasteiger partial charge in [-0.15, -0.1) is 0 Å². The van der Waals surface area contributed by atoms with Gasteiger partial charge in [-0.05, 0) is 25.4 Å². The van der Waals surface area contributed by atoms with Crippen molar-refractivity contribution in [2.24, 2.45) is 0 Å². The van der Waals surface area contributed by atoms with Gasteiger partial charge in [0.2, 0.25) is 11.2 Å². The van der Waals surface area contributed by atoms with Crippen LogP contribution < -0.4 is 5.32 Å². The maximum Gasteiger partial charge on any atom is 0.303 e. The topological polar surface area (TPSA) is 135 Å². The number of hydrogen-bond acceptors (Lipinski definition) is 9. The average Bonchev–Trinajstić information content (AvgIpc) is 3.07. The summed E-state index contributed by atoms with van der Waals surface area (Å²) in [6.07, 6.45) is -1.01. The van der Waals surface area contributed by atoms with Crippen LogP contribution in [-0.2, 0) is 28.6 Å². The van der Waals surface area contributed by atoms with Crippen LogP contribution >= 0.6 is 11.6 Å². The van der Waals surface area contributed by atoms with E-state index in [1.807, 2.05) is 0 Å². The maximum atomic E-state index is 11.8. The SMILES string of the molecule is CC(=O)Nc1nc(Cl)nc2c1ncn2[C@@H]1O[C@H](C)[C@@H](OC(C)=O)[C@@]1(C)OC(C)=O. The second-order valence-electron chi connectivity index (χ2n) is 6.85. The minimum Gasteiger partial charge on any atom is -0.455 e. The molecular weight excluding hydrogens is 406 g/mol. The molecule has 2 aromatic heterocycles. The molecule has 3 rings (SSSR count). The lowest BCUT2D eigenvalue weighted by molar-refractivity contribution is -0.184. The summed E-state index contributed by atoms with van der Waals surface area (Å²) in [7, 11) is 0. The highest BCUT2D eigenvalue weighted by Gasteiger charge is 2.58. The molecule has 0 saturated carbocycles. The van der Waals surface area contributed by atoms with Gasteiger partial charge >= 0.3 is 11.9 Å². The van der Waals surface area contributed by atoms with Crippen LogP contribution in [0.15, 0.2) is 6.33 Å². The Bertz CT molecular complexity index is 994. The zero-order valence-electron chi connectivity index (χ0n) is 16.4. The molecule has 1 fully saturated rings. The first-order chi connectivity index (χ1) is 13.5. The minimum atomic E-state index is -1.38. The second kappa shape index (κ2) is 7.56. The molecule has 4 atom stereocenters. The molecule has 0 radical (unpaired) electrons. The fraction of sp³-hybridized carbons (Fsp3) is 0.529. The van der Waals surface area contributed by atoms with Crippen molar-refractivity contribution in [3.63, 3.8) is 0 Å². The molecule has 3 heterocycles. The number of esters is 2. The molecule has 1 aliphatic heterocycles. The van der Waals surface area contributed by atoms with Gasteiger partial charge in [-0.2, -0.15) is 9.97 Å². The third-order valence-corrected chi connectivity index (χ3v) is 4.59. The van der Waals surface area contributed by atoms with Crippen molar-refractivity contribution >= 4 is 46.4 Å². The number of anilines is 1. The molecule has 0 unspecified atom stereocenters. The van der Waals surface area contributed by atoms with Crippen molar-refractivity contribution in [2.75, 3.05) is 5.32 Å². The molecule has 0 spiro atoms. The lowest BCUT2D eigenvalue weighted by Crippen LogP contribution is -2.48. The zero-order chi connectivity index (χ0) is 21.5. The largest absolute Gasteiger partial charge is 0.455 e. The standard InChI is InChI=1S/C17H20ClN5O6/c1-7-12(28-9(3)25)17(5,29-10(4)26)15(27-7)23-6-19-11-13(20-8(2)24)21-16(18)22-14(11)23/h6-7,12,15H,1-5H3,(H,20,21,22,24)/t7-,12-,15-,17-/m1/s1. The molecule has 0 aliphatic carbocycles. The minimum absolute atomic E-state index is 0.125. The normalized spacial score (nSPS) is 26.3. The molecule has 2 aromatic rings. The van der Waals surface area contributed by atoms with E-state index in [1.54, 1.807) is 13.8 Å². The van der Waals surface area contributed by atoms with E-state index in [-0.39, 0.29) is 28.2 Å². The number of nitrogens with one attached hydrogen (secondary N) is 1. The Hall–Kier alpha value is -2.79. The first kappa shape index (κ1) is 20.9. The summed E-state index contributed by atoms with van der Waals surface area (Å²) in [5, 5.41) is 2.42. The third-order valence-electron chi connectivity index (χ3n) is 4.42. The van der Waals surface area contributed by atoms with Gasteiger partial charge in [0.25, 0.3) is 0 Å². The molecule has 0 aromatic carbocycles. The summed E-state index contributed by atoms with van der Waals surface area (Å²) in [5.74, 6) is -1.36. The second-order valence-corrected chi connectivity index (χ2v) is 7.19. The lowest BCUT2D eigenvalue weighted by atomic mass is 9.96. The van der Waals surface area contributed by atoms with Crippen LogP contribution in [0.25, 0.3) is 11.2 Å². The van der Waals surface area contributed by atoms with Gasteiger partial charge in [-0.25, -0.2) is 4.98 Å². The van der Waals surface area contributed by atoms with E-state index in [4.69, 9.17) is 25.8 Å². The highest BCUT2D eigenvalue weighted by molar-refractivity contribution is 6.28. The summed E-state index contributed by atoms with van der Waals surface area (Å²) in [4.78, 5) is 47.3. The molecule has 156 valence electrons. The van der Waals surface area contributed by atoms with Crippen molar-refractivity contribution in [2.45, 2.75) is 58.7 Å². The summed E-state index contributed by atoms with van der Waals surface area (Å²) in [5.41, 5.74) is -0.870. The van der Waals surface area contributed by atoms with Crippen molar-refractivity contribution in [3.8, 4) is 0 Å². The van der Waals surface area contributed by atoms with Gasteiger partial charge in [0.05, 0.1) is 12.4 Å². The van der Waals surface area contributed by atoms with Crippen molar-refractivity contribution in [3.05, 3.63) is 11.6 Å². The van der Waals surface area contributed by atoms with E-state index < -0.39 is 36.0 Å². The first-order valence-corrected chi connectivity index (χ1v) is 9.10. The van der Waals surface area contributed by atoms with Crippen LogP contribution in [0.5, 0.6) is 0 Å². The first-order valence-electron chi connectivity index (χ1n) is 8.73. The quantitative estimate of drug-likeness (QED) is 0.572. The smallest absolute Gasteiger partial charge is 0.303 e. The number of imidazole rings is 1. The number of hydrogen-bond donors (Lipinski definition) is 1. The summed E-state index contributed by atoms with van der Waals surface area (Å²) < 4.78 is 18.4. The highest BCUT2D eigenvalue weighted by atomic mass is 35.5. The van der Waals surface area contributed by atoms with E-state index in [1.165, 1.54) is 31.7 Å². The molecule has 1 saturated heterocycles. The van der Waals surface area contributed by atoms with Gasteiger partial charge in [-0.1, -0.05) is 0 Å². The number of carbonyl (C=O) groups excluding carboxylic acids is 3. The molecule has 0 bridgehead atoms. The predicted octanol–water partition coefficient (Wildman–Crippen LogP) is 1.61. The van der Waals surface area contributed by atoms with Crippen LogP contribution in [0, 0.1) is 0 Å². The molecule has 1 N–H and O–H groups in total. The molecule has 12 heteroatoms. The maximum absolute atomic E-state index is 11.8. The number of carbonyl (C=O) groups is 3. The molecule has 1 amide bonds. The van der Waals surface area contributed by atoms with Crippen LogP contribution in [0.2, 0.25) is 5.28 Å². The summed E-state index contributed by atoms with van der Waals surface area (Å²) in [6.45, 7) is 7.12. The van der Waals surface area contributed by atoms with Gasteiger partial charge in [-0.3, -0.25) is 19.0 Å². The van der Waals surface area contributed by atoms with E-state index >= 15 is 0 Å². The van der Waals surface area contributed by atoms with Crippen LogP contribution in [0.3, 0.4) is 0 Å². The molecule has 1 aliphatic rings. The van der Waals surface area contributed by atoms with Crippen molar-refractivity contribution in [1.29, 1.82) is 0 Å². The van der Waals surface area contributed by atoms with Crippen molar-refractivity contribution < 1.29 is 28.6 Å². The van der Waals surface area contributed by atoms with Gasteiger partial charge in [0.1, 0.15) is 0 Å². The Balaban J connectivity index is 2.14. The van der Waals surface area contributed by atoms with Gasteiger partial charge < -0.3 is 19.5 Å². The zero-order valence-corrected chi connectivity index (χ0v) is 17.2. The van der Waals surface area contributed by atoms with Crippen LogP contribution in [-0.4, -0.2) is 55.2 Å².